The van der Waals surface area contributed by atoms with E-state index in [1.54, 1.807) is 12.1 Å². The number of hydrogen-bond acceptors (Lipinski definition) is 6. The molecule has 1 aromatic carbocycles. The van der Waals surface area contributed by atoms with Crippen LogP contribution in [0.3, 0.4) is 0 Å². The Morgan fingerprint density at radius 2 is 2.18 bits per heavy atom. The molecule has 1 aliphatic rings. The van der Waals surface area contributed by atoms with Crippen LogP contribution >= 0.6 is 11.3 Å². The van der Waals surface area contributed by atoms with Gasteiger partial charge in [0.2, 0.25) is 0 Å². The number of carbonyl (C=O) groups excluding carboxylic acids is 2. The van der Waals surface area contributed by atoms with E-state index in [0.29, 0.717) is 22.2 Å². The number of hydrogen-bond donors (Lipinski definition) is 1. The molecule has 0 fully saturated rings. The third-order valence-electron chi connectivity index (χ3n) is 4.79. The summed E-state index contributed by atoms with van der Waals surface area (Å²) in [6, 6.07) is 7.37. The Bertz CT molecular complexity index is 958. The number of aryl methyl sites for hydroxylation is 1. The van der Waals surface area contributed by atoms with Crippen LogP contribution in [0.2, 0.25) is 0 Å². The number of fused-ring (bicyclic) bond motifs is 1. The monoisotopic (exact) mass is 398 g/mol. The smallest absolute Gasteiger partial charge is 0.342 e. The van der Waals surface area contributed by atoms with Crippen LogP contribution in [0.1, 0.15) is 45.3 Å². The quantitative estimate of drug-likeness (QED) is 0.773. The molecule has 1 N–H and O–H groups in total. The maximum Gasteiger partial charge on any atom is 0.342 e. The van der Waals surface area contributed by atoms with Crippen LogP contribution in [-0.2, 0) is 22.4 Å². The predicted molar refractivity (Wildman–Crippen MR) is 107 cm³/mol. The van der Waals surface area contributed by atoms with Gasteiger partial charge in [0.25, 0.3) is 5.91 Å². The molecule has 0 saturated carbocycles. The number of anilines is 1. The zero-order valence-corrected chi connectivity index (χ0v) is 16.9. The number of ether oxygens (including phenoxy) is 2. The first kappa shape index (κ1) is 19.9. The summed E-state index contributed by atoms with van der Waals surface area (Å²) in [4.78, 5) is 25.8. The van der Waals surface area contributed by atoms with Crippen LogP contribution < -0.4 is 10.1 Å². The normalized spacial score (nSPS) is 15.3. The summed E-state index contributed by atoms with van der Waals surface area (Å²) in [5.41, 5.74) is 2.73. The van der Waals surface area contributed by atoms with Gasteiger partial charge in [0.1, 0.15) is 22.4 Å². The Hall–Kier alpha value is -2.85. The van der Waals surface area contributed by atoms with Crippen molar-refractivity contribution in [3.8, 4) is 11.8 Å². The average molecular weight is 398 g/mol. The van der Waals surface area contributed by atoms with E-state index in [0.717, 1.165) is 35.3 Å². The first-order valence-electron chi connectivity index (χ1n) is 9.09. The summed E-state index contributed by atoms with van der Waals surface area (Å²) < 4.78 is 10.3. The van der Waals surface area contributed by atoms with Crippen LogP contribution in [0.4, 0.5) is 5.00 Å². The Kier molecular flexibility index (Phi) is 6.00. The first-order valence-corrected chi connectivity index (χ1v) is 9.90. The fraction of sp³-hybridized carbons (Fsp3) is 0.381. The van der Waals surface area contributed by atoms with Gasteiger partial charge < -0.3 is 14.8 Å². The molecule has 1 heterocycles. The van der Waals surface area contributed by atoms with Crippen LogP contribution in [0, 0.1) is 24.2 Å². The zero-order valence-electron chi connectivity index (χ0n) is 16.1. The lowest BCUT2D eigenvalue weighted by molar-refractivity contribution is -0.119. The number of methoxy groups -OCH3 is 1. The summed E-state index contributed by atoms with van der Waals surface area (Å²) in [7, 11) is 1.47. The summed E-state index contributed by atoms with van der Waals surface area (Å²) in [5, 5.41) is 12.8. The van der Waals surface area contributed by atoms with Crippen molar-refractivity contribution in [1.29, 1.82) is 5.26 Å². The molecule has 1 atom stereocenters. The van der Waals surface area contributed by atoms with E-state index in [1.165, 1.54) is 18.4 Å². The molecule has 0 radical (unpaired) electrons. The van der Waals surface area contributed by atoms with Gasteiger partial charge in [0.05, 0.1) is 12.7 Å². The van der Waals surface area contributed by atoms with Gasteiger partial charge in [-0.25, -0.2) is 4.79 Å². The Labute approximate surface area is 168 Å². The molecular formula is C21H22N2O4S. The lowest BCUT2D eigenvalue weighted by Gasteiger charge is -2.17. The lowest BCUT2D eigenvalue weighted by Crippen LogP contribution is -2.21. The molecule has 28 heavy (non-hydrogen) atoms. The molecule has 146 valence electrons. The highest BCUT2D eigenvalue weighted by atomic mass is 32.1. The molecule has 3 rings (SSSR count). The predicted octanol–water partition coefficient (Wildman–Crippen LogP) is 3.86. The van der Waals surface area contributed by atoms with Crippen molar-refractivity contribution < 1.29 is 19.1 Å². The Balaban J connectivity index is 1.66. The van der Waals surface area contributed by atoms with Gasteiger partial charge in [0.15, 0.2) is 6.61 Å². The maximum atomic E-state index is 12.3. The average Bonchev–Trinajstić information content (AvgIpc) is 3.01. The van der Waals surface area contributed by atoms with Gasteiger partial charge in [0, 0.05) is 4.88 Å². The van der Waals surface area contributed by atoms with E-state index >= 15 is 0 Å². The van der Waals surface area contributed by atoms with E-state index in [9.17, 15) is 14.9 Å². The number of benzene rings is 1. The molecule has 1 amide bonds. The molecule has 0 bridgehead atoms. The third-order valence-corrected chi connectivity index (χ3v) is 5.96. The minimum Gasteiger partial charge on any atom is -0.496 e. The van der Waals surface area contributed by atoms with Crippen molar-refractivity contribution >= 4 is 28.2 Å². The van der Waals surface area contributed by atoms with Crippen LogP contribution in [-0.4, -0.2) is 25.6 Å². The highest BCUT2D eigenvalue weighted by Gasteiger charge is 2.25. The molecule has 7 heteroatoms. The fourth-order valence-corrected chi connectivity index (χ4v) is 4.69. The van der Waals surface area contributed by atoms with Crippen molar-refractivity contribution in [2.75, 3.05) is 19.0 Å². The molecule has 0 unspecified atom stereocenters. The van der Waals surface area contributed by atoms with Gasteiger partial charge >= 0.3 is 5.97 Å². The Morgan fingerprint density at radius 1 is 1.39 bits per heavy atom. The lowest BCUT2D eigenvalue weighted by atomic mass is 9.89. The second-order valence-corrected chi connectivity index (χ2v) is 8.10. The number of nitrogens with zero attached hydrogens (tertiary/aromatic N) is 1. The number of amides is 1. The summed E-state index contributed by atoms with van der Waals surface area (Å²) in [5.74, 6) is -0.132. The summed E-state index contributed by atoms with van der Waals surface area (Å²) >= 11 is 1.44. The molecule has 1 aromatic heterocycles. The standard InChI is InChI=1S/C21H22N2O4S/c1-12-5-7-17(26-3)15(8-12)21(25)27-11-19(24)23-20-16(10-22)14-6-4-13(2)9-18(14)28-20/h5,7-8,13H,4,6,9,11H2,1-3H3,(H,23,24)/t13-/m0/s1. The SMILES string of the molecule is COc1ccc(C)cc1C(=O)OCC(=O)Nc1sc2c(c1C#N)CC[C@H](C)C2. The Morgan fingerprint density at radius 3 is 2.89 bits per heavy atom. The van der Waals surface area contributed by atoms with Crippen LogP contribution in [0.25, 0.3) is 0 Å². The summed E-state index contributed by atoms with van der Waals surface area (Å²) in [6.45, 7) is 3.61. The van der Waals surface area contributed by atoms with Crippen LogP contribution in [0.5, 0.6) is 5.75 Å². The van der Waals surface area contributed by atoms with E-state index < -0.39 is 18.5 Å². The minimum absolute atomic E-state index is 0.272. The molecule has 0 saturated heterocycles. The topological polar surface area (TPSA) is 88.4 Å². The molecule has 0 spiro atoms. The summed E-state index contributed by atoms with van der Waals surface area (Å²) in [6.07, 6.45) is 2.82. The molecule has 0 aliphatic heterocycles. The zero-order chi connectivity index (χ0) is 20.3. The van der Waals surface area contributed by atoms with Gasteiger partial charge in [-0.05, 0) is 49.8 Å². The molecular weight excluding hydrogens is 376 g/mol. The highest BCUT2D eigenvalue weighted by Crippen LogP contribution is 2.39. The van der Waals surface area contributed by atoms with Crippen molar-refractivity contribution in [2.24, 2.45) is 5.92 Å². The second kappa shape index (κ2) is 8.44. The van der Waals surface area contributed by atoms with E-state index in [4.69, 9.17) is 9.47 Å². The van der Waals surface area contributed by atoms with Crippen LogP contribution in [0.15, 0.2) is 18.2 Å². The van der Waals surface area contributed by atoms with E-state index in [2.05, 4.69) is 18.3 Å². The number of esters is 1. The number of nitrogens with one attached hydrogen (secondary N) is 1. The third kappa shape index (κ3) is 4.18. The maximum absolute atomic E-state index is 12.3. The van der Waals surface area contributed by atoms with Gasteiger partial charge in [-0.2, -0.15) is 5.26 Å². The minimum atomic E-state index is -0.629. The van der Waals surface area contributed by atoms with Crippen molar-refractivity contribution in [2.45, 2.75) is 33.1 Å². The van der Waals surface area contributed by atoms with E-state index in [1.807, 2.05) is 13.0 Å². The fourth-order valence-electron chi connectivity index (χ4n) is 3.31. The molecule has 2 aromatic rings. The van der Waals surface area contributed by atoms with Crippen molar-refractivity contribution in [3.63, 3.8) is 0 Å². The van der Waals surface area contributed by atoms with Gasteiger partial charge in [-0.15, -0.1) is 11.3 Å². The van der Waals surface area contributed by atoms with Crippen molar-refractivity contribution in [1.82, 2.24) is 0 Å². The number of carbonyl (C=O) groups is 2. The number of thiophene rings is 1. The first-order chi connectivity index (χ1) is 13.4. The largest absolute Gasteiger partial charge is 0.496 e. The van der Waals surface area contributed by atoms with Gasteiger partial charge in [-0.1, -0.05) is 18.6 Å². The number of rotatable bonds is 5. The second-order valence-electron chi connectivity index (χ2n) is 7.00. The molecule has 1 aliphatic carbocycles. The highest BCUT2D eigenvalue weighted by molar-refractivity contribution is 7.16. The molecule has 6 nitrogen and oxygen atoms in total. The van der Waals surface area contributed by atoms with Gasteiger partial charge in [-0.3, -0.25) is 4.79 Å². The van der Waals surface area contributed by atoms with Crippen molar-refractivity contribution in [3.05, 3.63) is 45.3 Å². The number of nitriles is 1. The van der Waals surface area contributed by atoms with E-state index in [-0.39, 0.29) is 5.56 Å².